The summed E-state index contributed by atoms with van der Waals surface area (Å²) in [6.07, 6.45) is 1.07. The number of aromatic nitrogens is 3. The highest BCUT2D eigenvalue weighted by molar-refractivity contribution is 6.06. The summed E-state index contributed by atoms with van der Waals surface area (Å²) in [6.45, 7) is 4.68. The number of nitrogens with zero attached hydrogens (tertiary/aromatic N) is 3. The van der Waals surface area contributed by atoms with Crippen molar-refractivity contribution in [2.75, 3.05) is 23.8 Å². The highest BCUT2D eigenvalue weighted by Crippen LogP contribution is 2.39. The molecule has 2 heterocycles. The van der Waals surface area contributed by atoms with Gasteiger partial charge < -0.3 is 25.2 Å². The SMILES string of the molecule is CCOc1cc(C2C(C(=O)Nc3ccccc3)=C(C)Nc3nc(CCCO)nn32)ccc1OCc1ccccc1. The number of fused-ring (bicyclic) bond motifs is 1. The smallest absolute Gasteiger partial charge is 0.255 e. The zero-order valence-electron chi connectivity index (χ0n) is 22.6. The van der Waals surface area contributed by atoms with E-state index in [-0.39, 0.29) is 12.5 Å². The summed E-state index contributed by atoms with van der Waals surface area (Å²) in [5, 5.41) is 20.3. The Morgan fingerprint density at radius 3 is 2.50 bits per heavy atom. The van der Waals surface area contributed by atoms with Gasteiger partial charge in [-0.2, -0.15) is 10.1 Å². The second kappa shape index (κ2) is 12.5. The van der Waals surface area contributed by atoms with Crippen molar-refractivity contribution in [2.45, 2.75) is 39.3 Å². The van der Waals surface area contributed by atoms with Gasteiger partial charge >= 0.3 is 0 Å². The molecule has 1 amide bonds. The number of para-hydroxylation sites is 1. The first-order valence-corrected chi connectivity index (χ1v) is 13.4. The first-order chi connectivity index (χ1) is 19.6. The van der Waals surface area contributed by atoms with Crippen molar-refractivity contribution in [3.8, 4) is 11.5 Å². The summed E-state index contributed by atoms with van der Waals surface area (Å²) in [6, 6.07) is 24.4. The number of nitrogens with one attached hydrogen (secondary N) is 2. The predicted octanol–water partition coefficient (Wildman–Crippen LogP) is 5.11. The van der Waals surface area contributed by atoms with Crippen LogP contribution in [0.1, 0.15) is 43.3 Å². The third kappa shape index (κ3) is 6.00. The number of ether oxygens (including phenoxy) is 2. The second-order valence-corrected chi connectivity index (χ2v) is 9.42. The van der Waals surface area contributed by atoms with E-state index < -0.39 is 6.04 Å². The Balaban J connectivity index is 1.53. The molecule has 0 saturated heterocycles. The number of carbonyl (C=O) groups is 1. The molecule has 40 heavy (non-hydrogen) atoms. The van der Waals surface area contributed by atoms with E-state index in [2.05, 4.69) is 15.6 Å². The lowest BCUT2D eigenvalue weighted by Gasteiger charge is -2.29. The van der Waals surface area contributed by atoms with Crippen LogP contribution in [-0.2, 0) is 17.8 Å². The molecule has 0 spiro atoms. The van der Waals surface area contributed by atoms with Crippen LogP contribution in [-0.4, -0.2) is 39.0 Å². The normalized spacial score (nSPS) is 14.3. The van der Waals surface area contributed by atoms with Crippen molar-refractivity contribution in [1.29, 1.82) is 0 Å². The maximum absolute atomic E-state index is 13.7. The third-order valence-corrected chi connectivity index (χ3v) is 6.55. The van der Waals surface area contributed by atoms with Crippen LogP contribution in [0.15, 0.2) is 90.1 Å². The van der Waals surface area contributed by atoms with E-state index in [1.165, 1.54) is 0 Å². The fraction of sp³-hybridized carbons (Fsp3) is 0.258. The first-order valence-electron chi connectivity index (χ1n) is 13.4. The van der Waals surface area contributed by atoms with Gasteiger partial charge in [0.1, 0.15) is 12.6 Å². The molecule has 1 aliphatic heterocycles. The van der Waals surface area contributed by atoms with Gasteiger partial charge in [0.05, 0.1) is 12.2 Å². The monoisotopic (exact) mass is 539 g/mol. The number of benzene rings is 3. The zero-order valence-corrected chi connectivity index (χ0v) is 22.6. The Bertz CT molecular complexity index is 1480. The van der Waals surface area contributed by atoms with Gasteiger partial charge in [-0.1, -0.05) is 54.6 Å². The lowest BCUT2D eigenvalue weighted by atomic mass is 9.94. The molecule has 0 fully saturated rings. The third-order valence-electron chi connectivity index (χ3n) is 6.55. The molecule has 1 unspecified atom stereocenters. The summed E-state index contributed by atoms with van der Waals surface area (Å²) >= 11 is 0. The van der Waals surface area contributed by atoms with Gasteiger partial charge in [0.2, 0.25) is 5.95 Å². The van der Waals surface area contributed by atoms with E-state index in [1.54, 1.807) is 4.68 Å². The number of allylic oxidation sites excluding steroid dienone is 1. The van der Waals surface area contributed by atoms with Gasteiger partial charge in [-0.25, -0.2) is 4.68 Å². The van der Waals surface area contributed by atoms with Gasteiger partial charge in [-0.3, -0.25) is 4.79 Å². The minimum Gasteiger partial charge on any atom is -0.490 e. The molecular weight excluding hydrogens is 506 g/mol. The molecule has 9 heteroatoms. The average molecular weight is 540 g/mol. The molecule has 206 valence electrons. The Kier molecular flexibility index (Phi) is 8.41. The van der Waals surface area contributed by atoms with Crippen LogP contribution < -0.4 is 20.1 Å². The number of carbonyl (C=O) groups excluding carboxylic acids is 1. The van der Waals surface area contributed by atoms with Gasteiger partial charge in [0, 0.05) is 24.4 Å². The fourth-order valence-electron chi connectivity index (χ4n) is 4.68. The number of rotatable bonds is 11. The van der Waals surface area contributed by atoms with E-state index in [9.17, 15) is 9.90 Å². The van der Waals surface area contributed by atoms with Gasteiger partial charge in [-0.05, 0) is 55.7 Å². The van der Waals surface area contributed by atoms with Crippen molar-refractivity contribution in [3.05, 3.63) is 107 Å². The minimum atomic E-state index is -0.572. The van der Waals surface area contributed by atoms with Crippen molar-refractivity contribution in [3.63, 3.8) is 0 Å². The highest BCUT2D eigenvalue weighted by atomic mass is 16.5. The molecule has 4 aromatic rings. The fourth-order valence-corrected chi connectivity index (χ4v) is 4.68. The van der Waals surface area contributed by atoms with Gasteiger partial charge in [0.15, 0.2) is 17.3 Å². The van der Waals surface area contributed by atoms with E-state index in [0.29, 0.717) is 66.3 Å². The summed E-state index contributed by atoms with van der Waals surface area (Å²) in [4.78, 5) is 18.4. The van der Waals surface area contributed by atoms with Crippen molar-refractivity contribution < 1.29 is 19.4 Å². The van der Waals surface area contributed by atoms with Gasteiger partial charge in [0.25, 0.3) is 5.91 Å². The number of hydrogen-bond donors (Lipinski definition) is 3. The predicted molar refractivity (Wildman–Crippen MR) is 153 cm³/mol. The molecule has 1 aromatic heterocycles. The van der Waals surface area contributed by atoms with E-state index in [4.69, 9.17) is 14.6 Å². The summed E-state index contributed by atoms with van der Waals surface area (Å²) in [5.74, 6) is 2.07. The molecule has 1 aliphatic rings. The molecule has 1 atom stereocenters. The van der Waals surface area contributed by atoms with Crippen LogP contribution in [0.25, 0.3) is 0 Å². The summed E-state index contributed by atoms with van der Waals surface area (Å²) in [5.41, 5.74) is 3.73. The Morgan fingerprint density at radius 2 is 1.77 bits per heavy atom. The van der Waals surface area contributed by atoms with E-state index >= 15 is 0 Å². The maximum Gasteiger partial charge on any atom is 0.255 e. The van der Waals surface area contributed by atoms with Crippen molar-refractivity contribution in [1.82, 2.24) is 14.8 Å². The average Bonchev–Trinajstić information content (AvgIpc) is 3.38. The number of hydrogen-bond acceptors (Lipinski definition) is 7. The topological polar surface area (TPSA) is 111 Å². The number of amides is 1. The van der Waals surface area contributed by atoms with Crippen molar-refractivity contribution in [2.24, 2.45) is 0 Å². The van der Waals surface area contributed by atoms with Crippen LogP contribution in [0.4, 0.5) is 11.6 Å². The van der Waals surface area contributed by atoms with Crippen LogP contribution in [0, 0.1) is 0 Å². The second-order valence-electron chi connectivity index (χ2n) is 9.42. The summed E-state index contributed by atoms with van der Waals surface area (Å²) in [7, 11) is 0. The molecule has 3 aromatic carbocycles. The summed E-state index contributed by atoms with van der Waals surface area (Å²) < 4.78 is 13.8. The van der Waals surface area contributed by atoms with Crippen LogP contribution in [0.3, 0.4) is 0 Å². The highest BCUT2D eigenvalue weighted by Gasteiger charge is 2.35. The Labute approximate surface area is 233 Å². The maximum atomic E-state index is 13.7. The molecule has 5 rings (SSSR count). The van der Waals surface area contributed by atoms with E-state index in [1.807, 2.05) is 92.7 Å². The van der Waals surface area contributed by atoms with E-state index in [0.717, 1.165) is 11.1 Å². The van der Waals surface area contributed by atoms with Crippen LogP contribution in [0.2, 0.25) is 0 Å². The number of aliphatic hydroxyl groups is 1. The van der Waals surface area contributed by atoms with Crippen LogP contribution in [0.5, 0.6) is 11.5 Å². The Morgan fingerprint density at radius 1 is 1.02 bits per heavy atom. The number of aryl methyl sites for hydroxylation is 1. The first kappa shape index (κ1) is 27.0. The van der Waals surface area contributed by atoms with Gasteiger partial charge in [-0.15, -0.1) is 0 Å². The molecular formula is C31H33N5O4. The molecule has 0 radical (unpaired) electrons. The largest absolute Gasteiger partial charge is 0.490 e. The molecule has 0 bridgehead atoms. The zero-order chi connectivity index (χ0) is 27.9. The standard InChI is InChI=1S/C31H33N5O4/c1-3-39-26-19-23(16-17-25(26)40-20-22-11-6-4-7-12-22)29-28(30(38)33-24-13-8-5-9-14-24)21(2)32-31-34-27(15-10-18-37)35-36(29)31/h4-9,11-14,16-17,19,29,37H,3,10,15,18,20H2,1-2H3,(H,33,38)(H,32,34,35). The molecule has 0 aliphatic carbocycles. The quantitative estimate of drug-likeness (QED) is 0.243. The lowest BCUT2D eigenvalue weighted by molar-refractivity contribution is -0.113. The molecule has 0 saturated carbocycles. The minimum absolute atomic E-state index is 0.0465. The Hall–Kier alpha value is -4.63. The number of anilines is 2. The molecule has 9 nitrogen and oxygen atoms in total. The number of aliphatic hydroxyl groups excluding tert-OH is 1. The van der Waals surface area contributed by atoms with Crippen LogP contribution >= 0.6 is 0 Å². The lowest BCUT2D eigenvalue weighted by Crippen LogP contribution is -2.31. The molecule has 3 N–H and O–H groups in total. The van der Waals surface area contributed by atoms with Crippen molar-refractivity contribution >= 4 is 17.5 Å².